The van der Waals surface area contributed by atoms with E-state index in [0.29, 0.717) is 5.69 Å². The monoisotopic (exact) mass is 453 g/mol. The van der Waals surface area contributed by atoms with Gasteiger partial charge in [-0.2, -0.15) is 0 Å². The predicted octanol–water partition coefficient (Wildman–Crippen LogP) is -1.39. The Bertz CT molecular complexity index is 527. The second kappa shape index (κ2) is 10.4. The van der Waals surface area contributed by atoms with Crippen molar-refractivity contribution < 1.29 is 30.0 Å². The maximum Gasteiger partial charge on any atom is 0.251 e. The van der Waals surface area contributed by atoms with Gasteiger partial charge >= 0.3 is 0 Å². The van der Waals surface area contributed by atoms with Gasteiger partial charge in [0.05, 0.1) is 48.3 Å². The lowest BCUT2D eigenvalue weighted by atomic mass is 10.1. The number of benzene rings is 1. The van der Waals surface area contributed by atoms with Crippen molar-refractivity contribution in [1.82, 2.24) is 10.6 Å². The summed E-state index contributed by atoms with van der Waals surface area (Å²) in [6, 6.07) is 4.40. The Kier molecular flexibility index (Phi) is 8.92. The van der Waals surface area contributed by atoms with Gasteiger partial charge in [0.2, 0.25) is 0 Å². The molecule has 1 rings (SSSR count). The van der Waals surface area contributed by atoms with Crippen LogP contribution in [0, 0.1) is 0 Å². The van der Waals surface area contributed by atoms with Gasteiger partial charge in [-0.05, 0) is 18.2 Å². The van der Waals surface area contributed by atoms with E-state index in [0.717, 1.165) is 0 Å². The molecule has 134 valence electrons. The summed E-state index contributed by atoms with van der Waals surface area (Å²) in [5, 5.41) is 40.9. The minimum atomic E-state index is -1.07. The lowest BCUT2D eigenvalue weighted by Gasteiger charge is -2.12. The van der Waals surface area contributed by atoms with Gasteiger partial charge < -0.3 is 34.6 Å². The molecule has 0 aromatic heterocycles. The van der Waals surface area contributed by atoms with Crippen LogP contribution in [-0.2, 0) is 0 Å². The Morgan fingerprint density at radius 2 is 1.33 bits per heavy atom. The number of nitrogens with one attached hydrogen (secondary N) is 3. The first kappa shape index (κ1) is 20.6. The summed E-state index contributed by atoms with van der Waals surface area (Å²) in [6.45, 7) is -1.20. The Labute approximate surface area is 152 Å². The van der Waals surface area contributed by atoms with Gasteiger partial charge in [-0.15, -0.1) is 0 Å². The van der Waals surface area contributed by atoms with Crippen molar-refractivity contribution in [1.29, 1.82) is 0 Å². The molecule has 1 aromatic rings. The molecule has 9 nitrogen and oxygen atoms in total. The quantitative estimate of drug-likeness (QED) is 0.180. The fourth-order valence-electron chi connectivity index (χ4n) is 1.70. The van der Waals surface area contributed by atoms with Crippen LogP contribution in [0.5, 0.6) is 0 Å². The number of carbonyl (C=O) groups excluding carboxylic acids is 2. The summed E-state index contributed by atoms with van der Waals surface area (Å²) in [4.78, 5) is 24.2. The highest BCUT2D eigenvalue weighted by Crippen LogP contribution is 2.17. The van der Waals surface area contributed by atoms with Gasteiger partial charge in [0.25, 0.3) is 11.8 Å². The largest absolute Gasteiger partial charge is 0.394 e. The molecule has 0 saturated carbocycles. The molecular formula is C14H20IN3O6. The summed E-state index contributed by atoms with van der Waals surface area (Å²) in [5.41, 5.74) is 0.892. The maximum absolute atomic E-state index is 12.1. The van der Waals surface area contributed by atoms with Crippen molar-refractivity contribution >= 4 is 40.4 Å². The SMILES string of the molecule is O=C(NCC(O)CO)c1cc(NI)cc(C(=O)NCC(O)CO)c1. The van der Waals surface area contributed by atoms with Gasteiger partial charge in [-0.3, -0.25) is 9.59 Å². The van der Waals surface area contributed by atoms with Crippen molar-refractivity contribution in [2.24, 2.45) is 0 Å². The Morgan fingerprint density at radius 1 is 0.917 bits per heavy atom. The molecule has 10 heteroatoms. The topological polar surface area (TPSA) is 151 Å². The molecule has 0 radical (unpaired) electrons. The van der Waals surface area contributed by atoms with Crippen molar-refractivity contribution in [2.45, 2.75) is 12.2 Å². The van der Waals surface area contributed by atoms with Crippen LogP contribution in [0.3, 0.4) is 0 Å². The maximum atomic E-state index is 12.1. The van der Waals surface area contributed by atoms with Gasteiger partial charge in [-0.25, -0.2) is 0 Å². The van der Waals surface area contributed by atoms with E-state index in [4.69, 9.17) is 10.2 Å². The molecule has 0 spiro atoms. The average Bonchev–Trinajstić information content (AvgIpc) is 2.62. The molecule has 0 aliphatic rings. The molecule has 0 fully saturated rings. The molecule has 24 heavy (non-hydrogen) atoms. The first-order valence-corrected chi connectivity index (χ1v) is 8.15. The zero-order valence-electron chi connectivity index (χ0n) is 12.7. The number of amides is 2. The molecule has 2 unspecified atom stereocenters. The summed E-state index contributed by atoms with van der Waals surface area (Å²) >= 11 is 1.85. The van der Waals surface area contributed by atoms with Crippen LogP contribution >= 0.6 is 22.9 Å². The second-order valence-corrected chi connectivity index (χ2v) is 5.53. The number of anilines is 1. The third-order valence-electron chi connectivity index (χ3n) is 2.98. The van der Waals surface area contributed by atoms with Crippen molar-refractivity contribution in [3.8, 4) is 0 Å². The highest BCUT2D eigenvalue weighted by Gasteiger charge is 2.14. The number of hydrogen-bond acceptors (Lipinski definition) is 7. The zero-order valence-corrected chi connectivity index (χ0v) is 14.9. The van der Waals surface area contributed by atoms with Gasteiger partial charge in [0.1, 0.15) is 0 Å². The van der Waals surface area contributed by atoms with Gasteiger partial charge in [-0.1, -0.05) is 0 Å². The lowest BCUT2D eigenvalue weighted by Crippen LogP contribution is -2.35. The van der Waals surface area contributed by atoms with Gasteiger partial charge in [0, 0.05) is 29.9 Å². The molecule has 2 amide bonds. The van der Waals surface area contributed by atoms with Crippen LogP contribution in [-0.4, -0.2) is 70.8 Å². The third-order valence-corrected chi connectivity index (χ3v) is 3.61. The van der Waals surface area contributed by atoms with E-state index in [9.17, 15) is 19.8 Å². The smallest absolute Gasteiger partial charge is 0.251 e. The van der Waals surface area contributed by atoms with Crippen LogP contribution in [0.4, 0.5) is 5.69 Å². The molecular weight excluding hydrogens is 433 g/mol. The first-order valence-electron chi connectivity index (χ1n) is 7.07. The minimum Gasteiger partial charge on any atom is -0.394 e. The highest BCUT2D eigenvalue weighted by atomic mass is 127. The van der Waals surface area contributed by atoms with Crippen LogP contribution in [0.25, 0.3) is 0 Å². The number of hydrogen-bond donors (Lipinski definition) is 7. The van der Waals surface area contributed by atoms with Crippen LogP contribution in [0.1, 0.15) is 20.7 Å². The van der Waals surface area contributed by atoms with E-state index in [1.54, 1.807) is 0 Å². The van der Waals surface area contributed by atoms with E-state index >= 15 is 0 Å². The van der Waals surface area contributed by atoms with Crippen LogP contribution in [0.15, 0.2) is 18.2 Å². The molecule has 0 saturated heterocycles. The van der Waals surface area contributed by atoms with E-state index in [-0.39, 0.29) is 24.2 Å². The first-order chi connectivity index (χ1) is 11.4. The van der Waals surface area contributed by atoms with Crippen LogP contribution < -0.4 is 14.2 Å². The Balaban J connectivity index is 2.87. The molecule has 0 aliphatic heterocycles. The standard InChI is InChI=1S/C14H20IN3O6/c15-18-10-2-8(13(23)16-4-11(21)6-19)1-9(3-10)14(24)17-5-12(22)7-20/h1-3,11-12,18-22H,4-7H2,(H,16,23)(H,17,24). The van der Waals surface area contributed by atoms with Crippen LogP contribution in [0.2, 0.25) is 0 Å². The fourth-order valence-corrected chi connectivity index (χ4v) is 2.01. The third kappa shape index (κ3) is 6.57. The van der Waals surface area contributed by atoms with Crippen molar-refractivity contribution in [3.63, 3.8) is 0 Å². The molecule has 0 bridgehead atoms. The van der Waals surface area contributed by atoms with E-state index in [1.165, 1.54) is 18.2 Å². The highest BCUT2D eigenvalue weighted by molar-refractivity contribution is 14.1. The molecule has 7 N–H and O–H groups in total. The number of aliphatic hydroxyl groups excluding tert-OH is 4. The van der Waals surface area contributed by atoms with Crippen molar-refractivity contribution in [2.75, 3.05) is 29.8 Å². The summed E-state index contributed by atoms with van der Waals surface area (Å²) in [5.74, 6) is -1.03. The number of halogens is 1. The van der Waals surface area contributed by atoms with E-state index in [1.807, 2.05) is 22.9 Å². The Hall–Kier alpha value is -1.47. The minimum absolute atomic E-state index is 0.124. The van der Waals surface area contributed by atoms with E-state index in [2.05, 4.69) is 14.2 Å². The number of aliphatic hydroxyl groups is 4. The molecule has 0 aliphatic carbocycles. The second-order valence-electron chi connectivity index (χ2n) is 4.99. The normalized spacial score (nSPS) is 13.0. The Morgan fingerprint density at radius 3 is 1.67 bits per heavy atom. The molecule has 2 atom stereocenters. The fraction of sp³-hybridized carbons (Fsp3) is 0.429. The summed E-state index contributed by atoms with van der Waals surface area (Å²) in [6.07, 6.45) is -2.13. The molecule has 1 aromatic carbocycles. The number of rotatable bonds is 9. The zero-order chi connectivity index (χ0) is 18.1. The van der Waals surface area contributed by atoms with Gasteiger partial charge in [0.15, 0.2) is 0 Å². The number of carbonyl (C=O) groups is 2. The summed E-state index contributed by atoms with van der Waals surface area (Å²) < 4.78 is 2.80. The van der Waals surface area contributed by atoms with E-state index < -0.39 is 37.2 Å². The average molecular weight is 453 g/mol. The molecule has 0 heterocycles. The summed E-state index contributed by atoms with van der Waals surface area (Å²) in [7, 11) is 0. The predicted molar refractivity (Wildman–Crippen MR) is 94.9 cm³/mol. The van der Waals surface area contributed by atoms with Crippen molar-refractivity contribution in [3.05, 3.63) is 29.3 Å². The lowest BCUT2D eigenvalue weighted by molar-refractivity contribution is 0.0800.